The molecule has 0 amide bonds. The van der Waals surface area contributed by atoms with Gasteiger partial charge in [-0.3, -0.25) is 0 Å². The molecule has 0 heterocycles. The third-order valence-corrected chi connectivity index (χ3v) is 19.3. The lowest BCUT2D eigenvalue weighted by molar-refractivity contribution is 1.58. The minimum absolute atomic E-state index is 1.19. The molecule has 0 aromatic heterocycles. The van der Waals surface area contributed by atoms with Gasteiger partial charge in [-0.2, -0.15) is 0 Å². The van der Waals surface area contributed by atoms with Gasteiger partial charge < -0.3 is 0 Å². The fraction of sp³-hybridized carbons (Fsp3) is 0. The van der Waals surface area contributed by atoms with Crippen LogP contribution in [0.2, 0.25) is 0 Å². The van der Waals surface area contributed by atoms with E-state index < -0.39 is 16.1 Å². The minimum atomic E-state index is -2.51. The highest BCUT2D eigenvalue weighted by molar-refractivity contribution is 7.15. The highest BCUT2D eigenvalue weighted by Gasteiger charge is 2.37. The van der Waals surface area contributed by atoms with Gasteiger partial charge in [0.15, 0.2) is 16.1 Å². The maximum absolute atomic E-state index is 2.52. The van der Waals surface area contributed by atoms with E-state index >= 15 is 0 Å². The molecule has 8 rings (SSSR count). The molecule has 258 valence electrons. The molecule has 0 spiro atoms. The maximum Gasteiger partial charge on any atom is 0.172 e. The van der Waals surface area contributed by atoms with Crippen LogP contribution in [-0.2, 0) is 0 Å². The molecule has 0 N–H and O–H groups in total. The molecule has 0 atom stereocenters. The average Bonchev–Trinajstić information content (AvgIpc) is 3.27. The molecule has 0 aliphatic carbocycles. The van der Waals surface area contributed by atoms with E-state index in [-0.39, 0.29) is 0 Å². The number of hydrogen-bond acceptors (Lipinski definition) is 0. The van der Waals surface area contributed by atoms with Gasteiger partial charge >= 0.3 is 0 Å². The summed E-state index contributed by atoms with van der Waals surface area (Å²) in [4.78, 5) is 0. The van der Waals surface area contributed by atoms with E-state index in [0.717, 1.165) is 0 Å². The monoisotopic (exact) mass is 722 g/mol. The van der Waals surface area contributed by atoms with Crippen LogP contribution in [-0.4, -0.2) is 16.1 Å². The SMILES string of the molecule is C(=C\[Si](c1ccccc1)(c1ccccc1)c1ccccc1)/c1cccc(-c2cccc(/C=C/[Si](c3ccccc3)(c3ccccc3)c3ccccc3)c2)c1. The lowest BCUT2D eigenvalue weighted by atomic mass is 10.0. The standard InChI is InChI=1S/C52H42Si2/c1-7-25-47(26-8-1)53(48-27-9-2-10-28-48,49-29-11-3-12-30-49)39-37-43-21-19-23-45(41-43)46-24-20-22-44(42-46)38-40-54(50-31-13-4-14-32-50,51-33-15-5-16-34-51)52-35-17-6-18-36-52/h1-42H/b39-37+,40-38+. The van der Waals surface area contributed by atoms with Gasteiger partial charge in [0.25, 0.3) is 0 Å². The van der Waals surface area contributed by atoms with Crippen molar-refractivity contribution in [1.82, 2.24) is 0 Å². The van der Waals surface area contributed by atoms with Gasteiger partial charge in [0.05, 0.1) is 0 Å². The first kappa shape index (κ1) is 34.7. The summed E-state index contributed by atoms with van der Waals surface area (Å²) >= 11 is 0. The first-order valence-corrected chi connectivity index (χ1v) is 22.8. The molecule has 0 saturated carbocycles. The molecule has 0 saturated heterocycles. The summed E-state index contributed by atoms with van der Waals surface area (Å²) in [6.45, 7) is 0. The molecular formula is C52H42Si2. The fourth-order valence-corrected chi connectivity index (χ4v) is 16.2. The van der Waals surface area contributed by atoms with Crippen molar-refractivity contribution in [2.75, 3.05) is 0 Å². The van der Waals surface area contributed by atoms with E-state index in [4.69, 9.17) is 0 Å². The van der Waals surface area contributed by atoms with E-state index in [9.17, 15) is 0 Å². The van der Waals surface area contributed by atoms with Crippen LogP contribution in [0, 0.1) is 0 Å². The third-order valence-electron chi connectivity index (χ3n) is 10.5. The molecule has 0 nitrogen and oxygen atoms in total. The Hall–Kier alpha value is -6.33. The normalized spacial score (nSPS) is 11.9. The second-order valence-electron chi connectivity index (χ2n) is 13.7. The topological polar surface area (TPSA) is 0 Å². The third kappa shape index (κ3) is 7.05. The summed E-state index contributed by atoms with van der Waals surface area (Å²) in [5, 5.41) is 8.22. The van der Waals surface area contributed by atoms with Gasteiger partial charge in [-0.05, 0) is 65.5 Å². The summed E-state index contributed by atoms with van der Waals surface area (Å²) < 4.78 is 0. The molecule has 0 aliphatic rings. The summed E-state index contributed by atoms with van der Waals surface area (Å²) in [5.74, 6) is 0. The first-order valence-electron chi connectivity index (χ1n) is 18.7. The minimum Gasteiger partial charge on any atom is -0.0812 e. The van der Waals surface area contributed by atoms with E-state index in [2.05, 4.69) is 254 Å². The summed E-state index contributed by atoms with van der Waals surface area (Å²) in [5.41, 5.74) is 9.83. The average molecular weight is 723 g/mol. The second kappa shape index (κ2) is 16.1. The van der Waals surface area contributed by atoms with Crippen molar-refractivity contribution in [3.63, 3.8) is 0 Å². The first-order chi connectivity index (χ1) is 26.8. The Morgan fingerprint density at radius 2 is 0.481 bits per heavy atom. The molecule has 8 aromatic carbocycles. The smallest absolute Gasteiger partial charge is 0.0812 e. The largest absolute Gasteiger partial charge is 0.172 e. The fourth-order valence-electron chi connectivity index (χ4n) is 7.87. The maximum atomic E-state index is 2.52. The molecule has 0 aliphatic heterocycles. The Morgan fingerprint density at radius 3 is 0.722 bits per heavy atom. The molecule has 0 fully saturated rings. The van der Waals surface area contributed by atoms with E-state index in [0.29, 0.717) is 0 Å². The number of rotatable bonds is 11. The van der Waals surface area contributed by atoms with Gasteiger partial charge in [-0.15, -0.1) is 0 Å². The van der Waals surface area contributed by atoms with Crippen LogP contribution in [0.1, 0.15) is 11.1 Å². The van der Waals surface area contributed by atoms with Gasteiger partial charge in [-0.1, -0.05) is 242 Å². The Balaban J connectivity index is 1.19. The van der Waals surface area contributed by atoms with Crippen molar-refractivity contribution in [3.05, 3.63) is 253 Å². The molecule has 0 unspecified atom stereocenters. The Bertz CT molecular complexity index is 2090. The summed E-state index contributed by atoms with van der Waals surface area (Å²) in [7, 11) is -5.02. The van der Waals surface area contributed by atoms with Crippen LogP contribution in [0.4, 0.5) is 0 Å². The van der Waals surface area contributed by atoms with Gasteiger partial charge in [0, 0.05) is 0 Å². The lowest BCUT2D eigenvalue weighted by Crippen LogP contribution is -2.66. The molecular weight excluding hydrogens is 681 g/mol. The van der Waals surface area contributed by atoms with Crippen LogP contribution < -0.4 is 31.1 Å². The van der Waals surface area contributed by atoms with Crippen LogP contribution >= 0.6 is 0 Å². The predicted molar refractivity (Wildman–Crippen MR) is 238 cm³/mol. The molecule has 54 heavy (non-hydrogen) atoms. The van der Waals surface area contributed by atoms with Crippen molar-refractivity contribution in [2.45, 2.75) is 0 Å². The van der Waals surface area contributed by atoms with Crippen LogP contribution in [0.5, 0.6) is 0 Å². The zero-order valence-corrected chi connectivity index (χ0v) is 32.2. The Kier molecular flexibility index (Phi) is 10.4. The molecule has 8 aromatic rings. The van der Waals surface area contributed by atoms with Crippen molar-refractivity contribution >= 4 is 59.4 Å². The van der Waals surface area contributed by atoms with Crippen LogP contribution in [0.15, 0.2) is 242 Å². The van der Waals surface area contributed by atoms with Gasteiger partial charge in [-0.25, -0.2) is 0 Å². The zero-order chi connectivity index (χ0) is 36.5. The van der Waals surface area contributed by atoms with Crippen molar-refractivity contribution < 1.29 is 0 Å². The number of hydrogen-bond donors (Lipinski definition) is 0. The summed E-state index contributed by atoms with van der Waals surface area (Å²) in [6.07, 6.45) is 4.71. The highest BCUT2D eigenvalue weighted by Crippen LogP contribution is 2.24. The van der Waals surface area contributed by atoms with E-state index in [1.54, 1.807) is 0 Å². The highest BCUT2D eigenvalue weighted by atomic mass is 28.3. The van der Waals surface area contributed by atoms with E-state index in [1.165, 1.54) is 53.4 Å². The van der Waals surface area contributed by atoms with Gasteiger partial charge in [0.2, 0.25) is 0 Å². The zero-order valence-electron chi connectivity index (χ0n) is 30.2. The van der Waals surface area contributed by atoms with Crippen molar-refractivity contribution in [1.29, 1.82) is 0 Å². The molecule has 0 radical (unpaired) electrons. The Morgan fingerprint density at radius 1 is 0.241 bits per heavy atom. The van der Waals surface area contributed by atoms with Gasteiger partial charge in [0.1, 0.15) is 0 Å². The number of benzene rings is 8. The lowest BCUT2D eigenvalue weighted by Gasteiger charge is -2.30. The molecule has 2 heteroatoms. The summed E-state index contributed by atoms with van der Waals surface area (Å²) in [6, 6.07) is 84.3. The van der Waals surface area contributed by atoms with Crippen molar-refractivity contribution in [3.8, 4) is 11.1 Å². The second-order valence-corrected chi connectivity index (χ2v) is 21.1. The quantitative estimate of drug-likeness (QED) is 0.0926. The van der Waals surface area contributed by atoms with Crippen molar-refractivity contribution in [2.24, 2.45) is 0 Å². The van der Waals surface area contributed by atoms with E-state index in [1.807, 2.05) is 0 Å². The molecule has 0 bridgehead atoms. The van der Waals surface area contributed by atoms with Crippen LogP contribution in [0.3, 0.4) is 0 Å². The predicted octanol–water partition coefficient (Wildman–Crippen LogP) is 8.80. The van der Waals surface area contributed by atoms with Crippen LogP contribution in [0.25, 0.3) is 23.3 Å². The Labute approximate surface area is 322 Å².